The normalized spacial score (nSPS) is 21.0. The molecular formula is C15H18N6O3. The average Bonchev–Trinajstić information content (AvgIpc) is 3.31. The molecule has 2 aliphatic rings. The van der Waals surface area contributed by atoms with Crippen LogP contribution in [-0.2, 0) is 4.79 Å². The molecule has 0 spiro atoms. The number of carbonyl (C=O) groups excluding carboxylic acids is 1. The minimum absolute atomic E-state index is 0.112. The fraction of sp³-hybridized carbons (Fsp3) is 0.400. The van der Waals surface area contributed by atoms with Gasteiger partial charge in [0.05, 0.1) is 16.7 Å². The molecule has 3 rings (SSSR count). The van der Waals surface area contributed by atoms with Crippen LogP contribution in [0, 0.1) is 16.0 Å². The number of nitrogens with one attached hydrogen (secondary N) is 2. The topological polar surface area (TPSA) is 135 Å². The monoisotopic (exact) mass is 330 g/mol. The van der Waals surface area contributed by atoms with Crippen molar-refractivity contribution in [2.75, 3.05) is 5.32 Å². The summed E-state index contributed by atoms with van der Waals surface area (Å²) in [6.07, 6.45) is 2.29. The predicted octanol–water partition coefficient (Wildman–Crippen LogP) is 1.34. The number of aliphatic imine (C=N–C) groups is 1. The van der Waals surface area contributed by atoms with Gasteiger partial charge < -0.3 is 11.1 Å². The Bertz CT molecular complexity index is 754. The molecule has 1 aromatic rings. The van der Waals surface area contributed by atoms with Crippen LogP contribution >= 0.6 is 0 Å². The second-order valence-corrected chi connectivity index (χ2v) is 6.00. The lowest BCUT2D eigenvalue weighted by Crippen LogP contribution is -2.32. The Morgan fingerprint density at radius 1 is 1.50 bits per heavy atom. The van der Waals surface area contributed by atoms with Gasteiger partial charge in [-0.05, 0) is 18.9 Å². The molecule has 1 fully saturated rings. The molecule has 126 valence electrons. The predicted molar refractivity (Wildman–Crippen MR) is 89.8 cm³/mol. The van der Waals surface area contributed by atoms with Crippen molar-refractivity contribution in [1.29, 1.82) is 0 Å². The second kappa shape index (κ2) is 6.26. The summed E-state index contributed by atoms with van der Waals surface area (Å²) in [6.45, 7) is 1.86. The molecule has 1 aliphatic carbocycles. The minimum Gasteiger partial charge on any atom is -0.370 e. The number of hydrogen-bond donors (Lipinski definition) is 3. The summed E-state index contributed by atoms with van der Waals surface area (Å²) in [5.74, 6) is -0.106. The van der Waals surface area contributed by atoms with E-state index in [1.165, 1.54) is 6.07 Å². The van der Waals surface area contributed by atoms with Crippen molar-refractivity contribution in [3.05, 3.63) is 33.9 Å². The molecule has 1 unspecified atom stereocenters. The van der Waals surface area contributed by atoms with Gasteiger partial charge in [0.2, 0.25) is 5.91 Å². The molecule has 1 aromatic carbocycles. The number of nitro groups is 1. The third-order valence-corrected chi connectivity index (χ3v) is 3.88. The highest BCUT2D eigenvalue weighted by Crippen LogP contribution is 2.28. The molecule has 4 N–H and O–H groups in total. The van der Waals surface area contributed by atoms with Gasteiger partial charge in [0, 0.05) is 24.0 Å². The molecule has 0 saturated heterocycles. The fourth-order valence-electron chi connectivity index (χ4n) is 2.52. The Balaban J connectivity index is 1.89. The van der Waals surface area contributed by atoms with Gasteiger partial charge in [-0.1, -0.05) is 13.0 Å². The van der Waals surface area contributed by atoms with E-state index in [4.69, 9.17) is 5.73 Å². The molecule has 0 radical (unpaired) electrons. The van der Waals surface area contributed by atoms with Gasteiger partial charge in [-0.2, -0.15) is 5.10 Å². The zero-order chi connectivity index (χ0) is 17.3. The lowest BCUT2D eigenvalue weighted by Gasteiger charge is -2.19. The van der Waals surface area contributed by atoms with Crippen molar-refractivity contribution in [2.24, 2.45) is 21.7 Å². The maximum absolute atomic E-state index is 11.4. The Morgan fingerprint density at radius 3 is 2.88 bits per heavy atom. The molecule has 1 amide bonds. The maximum Gasteiger partial charge on any atom is 0.293 e. The molecule has 9 heteroatoms. The van der Waals surface area contributed by atoms with E-state index in [2.05, 4.69) is 20.8 Å². The van der Waals surface area contributed by atoms with Gasteiger partial charge in [-0.25, -0.2) is 10.4 Å². The lowest BCUT2D eigenvalue weighted by atomic mass is 9.93. The van der Waals surface area contributed by atoms with Crippen molar-refractivity contribution in [3.63, 3.8) is 0 Å². The van der Waals surface area contributed by atoms with Crippen LogP contribution in [0.5, 0.6) is 0 Å². The summed E-state index contributed by atoms with van der Waals surface area (Å²) in [7, 11) is 0. The van der Waals surface area contributed by atoms with Crippen LogP contribution in [0.3, 0.4) is 0 Å². The number of guanidine groups is 1. The van der Waals surface area contributed by atoms with Crippen molar-refractivity contribution in [2.45, 2.75) is 32.2 Å². The van der Waals surface area contributed by atoms with Crippen molar-refractivity contribution < 1.29 is 9.72 Å². The lowest BCUT2D eigenvalue weighted by molar-refractivity contribution is -0.383. The zero-order valence-corrected chi connectivity index (χ0v) is 13.2. The number of hydrogen-bond acceptors (Lipinski definition) is 5. The summed E-state index contributed by atoms with van der Waals surface area (Å²) in [5.41, 5.74) is 9.56. The van der Waals surface area contributed by atoms with Gasteiger partial charge in [-0.3, -0.25) is 14.9 Å². The number of carbonyl (C=O) groups is 1. The Labute approximate surface area is 138 Å². The molecule has 9 nitrogen and oxygen atoms in total. The SMILES string of the molecule is CC1CC(=O)NN=C1c1ccc(NC(N)=NC2CC2)c([N+](=O)[O-])c1. The summed E-state index contributed by atoms with van der Waals surface area (Å²) in [4.78, 5) is 26.4. The first-order valence-corrected chi connectivity index (χ1v) is 7.69. The van der Waals surface area contributed by atoms with Crippen LogP contribution < -0.4 is 16.5 Å². The van der Waals surface area contributed by atoms with E-state index in [1.54, 1.807) is 12.1 Å². The number of anilines is 1. The average molecular weight is 330 g/mol. The number of amides is 1. The number of nitrogens with two attached hydrogens (primary N) is 1. The van der Waals surface area contributed by atoms with Crippen LogP contribution in [0.1, 0.15) is 31.7 Å². The molecule has 24 heavy (non-hydrogen) atoms. The Hall–Kier alpha value is -2.97. The van der Waals surface area contributed by atoms with Gasteiger partial charge in [0.1, 0.15) is 5.69 Å². The minimum atomic E-state index is -0.483. The van der Waals surface area contributed by atoms with E-state index < -0.39 is 4.92 Å². The van der Waals surface area contributed by atoms with Gasteiger partial charge in [-0.15, -0.1) is 0 Å². The van der Waals surface area contributed by atoms with Crippen LogP contribution in [0.25, 0.3) is 0 Å². The molecular weight excluding hydrogens is 312 g/mol. The summed E-state index contributed by atoms with van der Waals surface area (Å²) < 4.78 is 0. The van der Waals surface area contributed by atoms with E-state index in [0.29, 0.717) is 17.7 Å². The van der Waals surface area contributed by atoms with Gasteiger partial charge >= 0.3 is 0 Å². The molecule has 1 heterocycles. The van der Waals surface area contributed by atoms with E-state index in [9.17, 15) is 14.9 Å². The first kappa shape index (κ1) is 15.9. The third kappa shape index (κ3) is 3.50. The summed E-state index contributed by atoms with van der Waals surface area (Å²) in [5, 5.41) is 18.2. The molecule has 1 atom stereocenters. The van der Waals surface area contributed by atoms with E-state index in [-0.39, 0.29) is 35.2 Å². The van der Waals surface area contributed by atoms with Crippen molar-refractivity contribution in [1.82, 2.24) is 5.43 Å². The number of nitrogens with zero attached hydrogens (tertiary/aromatic N) is 3. The van der Waals surface area contributed by atoms with Crippen LogP contribution in [0.2, 0.25) is 0 Å². The highest BCUT2D eigenvalue weighted by Gasteiger charge is 2.25. The van der Waals surface area contributed by atoms with Crippen LogP contribution in [0.15, 0.2) is 28.3 Å². The van der Waals surface area contributed by atoms with Crippen molar-refractivity contribution in [3.8, 4) is 0 Å². The summed E-state index contributed by atoms with van der Waals surface area (Å²) >= 11 is 0. The van der Waals surface area contributed by atoms with Gasteiger partial charge in [0.25, 0.3) is 5.69 Å². The second-order valence-electron chi connectivity index (χ2n) is 6.00. The Morgan fingerprint density at radius 2 is 2.25 bits per heavy atom. The first-order valence-electron chi connectivity index (χ1n) is 7.69. The largest absolute Gasteiger partial charge is 0.370 e. The first-order chi connectivity index (χ1) is 11.4. The number of nitro benzene ring substituents is 1. The Kier molecular flexibility index (Phi) is 4.15. The molecule has 0 bridgehead atoms. The standard InChI is InChI=1S/C15H18N6O3/c1-8-6-13(22)19-20-14(8)9-2-5-11(12(7-9)21(23)24)18-15(16)17-10-3-4-10/h2,5,7-8,10H,3-4,6H2,1H3,(H,19,22)(H3,16,17,18). The van der Waals surface area contributed by atoms with Crippen molar-refractivity contribution >= 4 is 29.0 Å². The maximum atomic E-state index is 11.4. The molecule has 0 aromatic heterocycles. The number of rotatable bonds is 4. The van der Waals surface area contributed by atoms with Crippen LogP contribution in [0.4, 0.5) is 11.4 Å². The van der Waals surface area contributed by atoms with Gasteiger partial charge in [0.15, 0.2) is 5.96 Å². The number of benzene rings is 1. The fourth-order valence-corrected chi connectivity index (χ4v) is 2.52. The third-order valence-electron chi connectivity index (χ3n) is 3.88. The smallest absolute Gasteiger partial charge is 0.293 e. The zero-order valence-electron chi connectivity index (χ0n) is 13.2. The number of hydrazone groups is 1. The quantitative estimate of drug-likeness (QED) is 0.331. The van der Waals surface area contributed by atoms with E-state index >= 15 is 0 Å². The summed E-state index contributed by atoms with van der Waals surface area (Å²) in [6, 6.07) is 4.94. The highest BCUT2D eigenvalue weighted by molar-refractivity contribution is 6.07. The van der Waals surface area contributed by atoms with E-state index in [0.717, 1.165) is 12.8 Å². The van der Waals surface area contributed by atoms with E-state index in [1.807, 2.05) is 6.92 Å². The molecule has 1 saturated carbocycles. The molecule has 1 aliphatic heterocycles. The highest BCUT2D eigenvalue weighted by atomic mass is 16.6. The van der Waals surface area contributed by atoms with Crippen LogP contribution in [-0.4, -0.2) is 28.5 Å².